The Labute approximate surface area is 110 Å². The van der Waals surface area contributed by atoms with Crippen LogP contribution in [0.5, 0.6) is 0 Å². The van der Waals surface area contributed by atoms with Crippen LogP contribution in [0.4, 0.5) is 0 Å². The van der Waals surface area contributed by atoms with Crippen molar-refractivity contribution in [3.05, 3.63) is 35.9 Å². The Hall–Kier alpha value is -0.860. The highest BCUT2D eigenvalue weighted by atomic mass is 16.6. The zero-order valence-corrected chi connectivity index (χ0v) is 11.0. The van der Waals surface area contributed by atoms with E-state index in [1.165, 1.54) is 50.5 Å². The van der Waals surface area contributed by atoms with Gasteiger partial charge < -0.3 is 0 Å². The van der Waals surface area contributed by atoms with Gasteiger partial charge in [-0.15, -0.1) is 0 Å². The van der Waals surface area contributed by atoms with Crippen molar-refractivity contribution in [3.63, 3.8) is 0 Å². The minimum Gasteiger partial charge on any atom is -0.297 e. The van der Waals surface area contributed by atoms with Crippen molar-refractivity contribution in [2.24, 2.45) is 5.41 Å². The maximum atomic E-state index is 5.70. The first-order valence-electron chi connectivity index (χ1n) is 7.30. The lowest BCUT2D eigenvalue weighted by Crippen LogP contribution is -2.54. The molecule has 0 bridgehead atoms. The number of rotatable bonds is 4. The van der Waals surface area contributed by atoms with E-state index >= 15 is 0 Å². The van der Waals surface area contributed by atoms with Crippen LogP contribution in [0.2, 0.25) is 0 Å². The molecule has 0 heterocycles. The molecule has 0 aliphatic heterocycles. The van der Waals surface area contributed by atoms with Gasteiger partial charge >= 0.3 is 0 Å². The molecule has 1 unspecified atom stereocenters. The molecule has 2 saturated carbocycles. The molecule has 1 spiro atoms. The summed E-state index contributed by atoms with van der Waals surface area (Å²) < 4.78 is 0. The molecule has 2 aliphatic rings. The van der Waals surface area contributed by atoms with Crippen molar-refractivity contribution < 1.29 is 4.84 Å². The van der Waals surface area contributed by atoms with Crippen LogP contribution in [0, 0.1) is 5.41 Å². The molecule has 2 fully saturated rings. The molecular weight excluding hydrogens is 222 g/mol. The lowest BCUT2D eigenvalue weighted by molar-refractivity contribution is -0.0899. The molecule has 2 heteroatoms. The standard InChI is InChI=1S/C16H23NO/c1-3-7-14(8-4-1)13-18-17-15-9-12-16(15)10-5-2-6-11-16/h1,3-4,7-8,15,17H,2,5-6,9-13H2. The van der Waals surface area contributed by atoms with E-state index in [-0.39, 0.29) is 0 Å². The second-order valence-electron chi connectivity index (χ2n) is 5.91. The van der Waals surface area contributed by atoms with Gasteiger partial charge in [-0.2, -0.15) is 5.48 Å². The van der Waals surface area contributed by atoms with Gasteiger partial charge in [0.05, 0.1) is 6.61 Å². The van der Waals surface area contributed by atoms with Crippen LogP contribution in [0.3, 0.4) is 0 Å². The molecule has 1 aromatic carbocycles. The molecule has 2 nitrogen and oxygen atoms in total. The summed E-state index contributed by atoms with van der Waals surface area (Å²) in [6.07, 6.45) is 9.75. The van der Waals surface area contributed by atoms with E-state index in [4.69, 9.17) is 4.84 Å². The van der Waals surface area contributed by atoms with Crippen molar-refractivity contribution >= 4 is 0 Å². The second-order valence-corrected chi connectivity index (χ2v) is 5.91. The van der Waals surface area contributed by atoms with Crippen LogP contribution in [0.1, 0.15) is 50.5 Å². The Morgan fingerprint density at radius 2 is 1.83 bits per heavy atom. The number of hydroxylamine groups is 1. The molecule has 18 heavy (non-hydrogen) atoms. The summed E-state index contributed by atoms with van der Waals surface area (Å²) in [6, 6.07) is 11.0. The van der Waals surface area contributed by atoms with E-state index in [9.17, 15) is 0 Å². The van der Waals surface area contributed by atoms with Crippen LogP contribution >= 0.6 is 0 Å². The quantitative estimate of drug-likeness (QED) is 0.814. The molecule has 0 aromatic heterocycles. The van der Waals surface area contributed by atoms with E-state index in [1.807, 2.05) is 6.07 Å². The average Bonchev–Trinajstić information content (AvgIpc) is 2.44. The summed E-state index contributed by atoms with van der Waals surface area (Å²) in [7, 11) is 0. The maximum absolute atomic E-state index is 5.70. The van der Waals surface area contributed by atoms with Gasteiger partial charge in [-0.05, 0) is 36.7 Å². The monoisotopic (exact) mass is 245 g/mol. The van der Waals surface area contributed by atoms with Gasteiger partial charge in [0, 0.05) is 6.04 Å². The minimum absolute atomic E-state index is 0.578. The normalized spacial score (nSPS) is 25.9. The third-order valence-corrected chi connectivity index (χ3v) is 4.83. The Kier molecular flexibility index (Phi) is 3.67. The van der Waals surface area contributed by atoms with Gasteiger partial charge in [-0.1, -0.05) is 49.6 Å². The van der Waals surface area contributed by atoms with Crippen LogP contribution in [0.15, 0.2) is 30.3 Å². The summed E-state index contributed by atoms with van der Waals surface area (Å²) >= 11 is 0. The highest BCUT2D eigenvalue weighted by Crippen LogP contribution is 2.51. The van der Waals surface area contributed by atoms with Gasteiger partial charge in [-0.25, -0.2) is 0 Å². The summed E-state index contributed by atoms with van der Waals surface area (Å²) in [6.45, 7) is 0.674. The van der Waals surface area contributed by atoms with Crippen molar-refractivity contribution in [2.45, 2.75) is 57.6 Å². The lowest BCUT2D eigenvalue weighted by atomic mass is 9.57. The molecule has 0 radical (unpaired) electrons. The maximum Gasteiger partial charge on any atom is 0.0933 e. The van der Waals surface area contributed by atoms with Crippen molar-refractivity contribution in [1.82, 2.24) is 5.48 Å². The number of hydrogen-bond donors (Lipinski definition) is 1. The third kappa shape index (κ3) is 2.45. The average molecular weight is 245 g/mol. The molecule has 1 aromatic rings. The summed E-state index contributed by atoms with van der Waals surface area (Å²) in [5.74, 6) is 0. The first-order chi connectivity index (χ1) is 8.89. The van der Waals surface area contributed by atoms with E-state index in [1.54, 1.807) is 0 Å². The SMILES string of the molecule is c1ccc(CONC2CCC23CCCCC3)cc1. The Morgan fingerprint density at radius 1 is 1.06 bits per heavy atom. The summed E-state index contributed by atoms with van der Waals surface area (Å²) in [4.78, 5) is 5.70. The van der Waals surface area contributed by atoms with E-state index < -0.39 is 0 Å². The predicted octanol–water partition coefficient (Wildman–Crippen LogP) is 3.82. The summed E-state index contributed by atoms with van der Waals surface area (Å²) in [5.41, 5.74) is 5.14. The zero-order chi connectivity index (χ0) is 12.3. The zero-order valence-electron chi connectivity index (χ0n) is 11.0. The topological polar surface area (TPSA) is 21.3 Å². The van der Waals surface area contributed by atoms with Crippen molar-refractivity contribution in [3.8, 4) is 0 Å². The van der Waals surface area contributed by atoms with Crippen LogP contribution in [0.25, 0.3) is 0 Å². The Balaban J connectivity index is 1.46. The van der Waals surface area contributed by atoms with Crippen molar-refractivity contribution in [2.75, 3.05) is 0 Å². The highest BCUT2D eigenvalue weighted by Gasteiger charge is 2.46. The molecule has 0 saturated heterocycles. The predicted molar refractivity (Wildman–Crippen MR) is 72.9 cm³/mol. The fourth-order valence-corrected chi connectivity index (χ4v) is 3.54. The lowest BCUT2D eigenvalue weighted by Gasteiger charge is -2.52. The number of hydrogen-bond acceptors (Lipinski definition) is 2. The van der Waals surface area contributed by atoms with Gasteiger partial charge in [0.1, 0.15) is 0 Å². The largest absolute Gasteiger partial charge is 0.297 e. The van der Waals surface area contributed by atoms with E-state index in [0.717, 1.165) is 0 Å². The molecule has 98 valence electrons. The number of nitrogens with one attached hydrogen (secondary N) is 1. The molecular formula is C16H23NO. The second kappa shape index (κ2) is 5.41. The minimum atomic E-state index is 0.578. The van der Waals surface area contributed by atoms with E-state index in [0.29, 0.717) is 18.1 Å². The van der Waals surface area contributed by atoms with Gasteiger partial charge in [0.25, 0.3) is 0 Å². The fourth-order valence-electron chi connectivity index (χ4n) is 3.54. The van der Waals surface area contributed by atoms with Gasteiger partial charge in [0.15, 0.2) is 0 Å². The first-order valence-corrected chi connectivity index (χ1v) is 7.30. The Morgan fingerprint density at radius 3 is 2.50 bits per heavy atom. The smallest absolute Gasteiger partial charge is 0.0933 e. The number of benzene rings is 1. The van der Waals surface area contributed by atoms with Crippen LogP contribution < -0.4 is 5.48 Å². The third-order valence-electron chi connectivity index (χ3n) is 4.83. The molecule has 1 atom stereocenters. The van der Waals surface area contributed by atoms with Crippen LogP contribution in [-0.2, 0) is 11.4 Å². The first kappa shape index (κ1) is 12.2. The van der Waals surface area contributed by atoms with Crippen molar-refractivity contribution in [1.29, 1.82) is 0 Å². The Bertz CT molecular complexity index is 370. The van der Waals surface area contributed by atoms with Crippen LogP contribution in [-0.4, -0.2) is 6.04 Å². The summed E-state index contributed by atoms with van der Waals surface area (Å²) in [5, 5.41) is 0. The van der Waals surface area contributed by atoms with E-state index in [2.05, 4.69) is 29.7 Å². The molecule has 2 aliphatic carbocycles. The molecule has 0 amide bonds. The van der Waals surface area contributed by atoms with Gasteiger partial charge in [-0.3, -0.25) is 4.84 Å². The van der Waals surface area contributed by atoms with Gasteiger partial charge in [0.2, 0.25) is 0 Å². The fraction of sp³-hybridized carbons (Fsp3) is 0.625. The molecule has 1 N–H and O–H groups in total. The highest BCUT2D eigenvalue weighted by molar-refractivity contribution is 5.13. The molecule has 3 rings (SSSR count).